The second-order valence-corrected chi connectivity index (χ2v) is 19.2. The van der Waals surface area contributed by atoms with Crippen LogP contribution in [0.4, 0.5) is 0 Å². The zero-order valence-electron chi connectivity index (χ0n) is 22.2. The zero-order valence-corrected chi connectivity index (χ0v) is 28.5. The Morgan fingerprint density at radius 2 is 0.810 bits per heavy atom. The SMILES string of the molecule is c1ccc(-c2cc3cc4cc5c(cc4cc3s2)[te]c2c3cc4cc6cc(-c7ccccc7)sc6cc4cc3[te]c52)cc1. The Morgan fingerprint density at radius 3 is 1.26 bits per heavy atom. The van der Waals surface area contributed by atoms with E-state index in [1.165, 1.54) is 62.6 Å². The summed E-state index contributed by atoms with van der Waals surface area (Å²) in [7, 11) is 0. The van der Waals surface area contributed by atoms with Crippen LogP contribution in [-0.2, 0) is 0 Å². The van der Waals surface area contributed by atoms with Crippen LogP contribution in [-0.4, -0.2) is 40.9 Å². The molecule has 0 aliphatic heterocycles. The van der Waals surface area contributed by atoms with Crippen molar-refractivity contribution in [3.63, 3.8) is 0 Å². The first-order valence-electron chi connectivity index (χ1n) is 14.0. The number of rotatable bonds is 2. The predicted molar refractivity (Wildman–Crippen MR) is 189 cm³/mol. The Morgan fingerprint density at radius 1 is 0.381 bits per heavy atom. The maximum absolute atomic E-state index is 2.54. The van der Waals surface area contributed by atoms with Gasteiger partial charge in [0.05, 0.1) is 0 Å². The Kier molecular flexibility index (Phi) is 5.42. The van der Waals surface area contributed by atoms with Gasteiger partial charge in [-0.15, -0.1) is 0 Å². The van der Waals surface area contributed by atoms with E-state index in [9.17, 15) is 0 Å². The monoisotopic (exact) mass is 800 g/mol. The van der Waals surface area contributed by atoms with E-state index in [2.05, 4.69) is 121 Å². The summed E-state index contributed by atoms with van der Waals surface area (Å²) in [6.07, 6.45) is 0. The van der Waals surface area contributed by atoms with Crippen LogP contribution in [0.3, 0.4) is 0 Å². The number of hydrogen-bond acceptors (Lipinski definition) is 2. The molecule has 0 saturated heterocycles. The van der Waals surface area contributed by atoms with Gasteiger partial charge in [-0.2, -0.15) is 0 Å². The van der Waals surface area contributed by atoms with Gasteiger partial charge in [0, 0.05) is 0 Å². The van der Waals surface area contributed by atoms with E-state index in [-0.39, 0.29) is 40.9 Å². The van der Waals surface area contributed by atoms with Gasteiger partial charge in [0.1, 0.15) is 0 Å². The average Bonchev–Trinajstić information content (AvgIpc) is 3.79. The van der Waals surface area contributed by atoms with Gasteiger partial charge >= 0.3 is 272 Å². The summed E-state index contributed by atoms with van der Waals surface area (Å²) in [5, 5.41) is 11.5. The Hall–Kier alpha value is -2.92. The Labute approximate surface area is 269 Å². The molecule has 0 fully saturated rings. The molecular formula is C38H20S2Te2. The van der Waals surface area contributed by atoms with Crippen molar-refractivity contribution < 1.29 is 0 Å². The molecule has 0 radical (unpaired) electrons. The van der Waals surface area contributed by atoms with Crippen LogP contribution < -0.4 is 0 Å². The van der Waals surface area contributed by atoms with E-state index in [4.69, 9.17) is 0 Å². The molecule has 0 saturated carbocycles. The first-order chi connectivity index (χ1) is 20.7. The molecule has 0 bridgehead atoms. The van der Waals surface area contributed by atoms with Gasteiger partial charge in [-0.25, -0.2) is 0 Å². The third-order valence-corrected chi connectivity index (χ3v) is 18.7. The van der Waals surface area contributed by atoms with E-state index >= 15 is 0 Å². The summed E-state index contributed by atoms with van der Waals surface area (Å²) in [5.41, 5.74) is 2.62. The molecule has 4 aromatic heterocycles. The first-order valence-corrected chi connectivity index (χ1v) is 20.3. The van der Waals surface area contributed by atoms with Crippen molar-refractivity contribution in [2.24, 2.45) is 0 Å². The minimum absolute atomic E-state index is 0.386. The van der Waals surface area contributed by atoms with Crippen molar-refractivity contribution >= 4 is 130 Å². The molecule has 0 N–H and O–H groups in total. The van der Waals surface area contributed by atoms with Gasteiger partial charge in [0.15, 0.2) is 0 Å². The van der Waals surface area contributed by atoms with Crippen LogP contribution in [0.1, 0.15) is 0 Å². The van der Waals surface area contributed by atoms with Crippen LogP contribution in [0.2, 0.25) is 0 Å². The van der Waals surface area contributed by atoms with Crippen LogP contribution in [0.15, 0.2) is 121 Å². The maximum atomic E-state index is 2.54. The van der Waals surface area contributed by atoms with Crippen molar-refractivity contribution in [2.45, 2.75) is 0 Å². The summed E-state index contributed by atoms with van der Waals surface area (Å²) in [5.74, 6) is 0. The minimum atomic E-state index is -0.386. The summed E-state index contributed by atoms with van der Waals surface area (Å²) in [6.45, 7) is 0. The molecular weight excluding hydrogens is 776 g/mol. The third-order valence-electron chi connectivity index (χ3n) is 8.38. The van der Waals surface area contributed by atoms with Crippen molar-refractivity contribution in [3.8, 4) is 20.9 Å². The van der Waals surface area contributed by atoms with E-state index in [0.717, 1.165) is 0 Å². The van der Waals surface area contributed by atoms with Crippen molar-refractivity contribution in [2.75, 3.05) is 0 Å². The average molecular weight is 796 g/mol. The molecule has 0 atom stereocenters. The quantitative estimate of drug-likeness (QED) is 0.153. The fourth-order valence-electron chi connectivity index (χ4n) is 6.31. The molecule has 0 aliphatic carbocycles. The molecule has 4 heteroatoms. The Balaban J connectivity index is 1.14. The molecule has 10 rings (SSSR count). The number of fused-ring (bicyclic) bond motifs is 9. The molecule has 0 aliphatic rings. The zero-order chi connectivity index (χ0) is 27.4. The standard InChI is InChI=1S/C38H20S2Te2/c1-3-7-21(8-4-1)31-17-27-11-23-13-29-35(19-25(23)15-33(27)39-31)41-38-30-14-24-12-28-18-32(22-9-5-2-6-10-22)40-34(28)16-26(24)20-36(30)42-37(29)38/h1-20H. The molecule has 0 unspecified atom stereocenters. The van der Waals surface area contributed by atoms with Crippen LogP contribution in [0, 0.1) is 0 Å². The van der Waals surface area contributed by atoms with E-state index < -0.39 is 0 Å². The van der Waals surface area contributed by atoms with Crippen LogP contribution >= 0.6 is 22.7 Å². The van der Waals surface area contributed by atoms with Crippen LogP contribution in [0.5, 0.6) is 0 Å². The first kappa shape index (κ1) is 24.5. The molecule has 0 amide bonds. The molecule has 10 aromatic rings. The number of benzene rings is 6. The fourth-order valence-corrected chi connectivity index (χ4v) is 18.0. The predicted octanol–water partition coefficient (Wildman–Crippen LogP) is 11.3. The van der Waals surface area contributed by atoms with Gasteiger partial charge in [0.2, 0.25) is 0 Å². The number of thiophene rings is 2. The molecule has 6 aromatic carbocycles. The second kappa shape index (κ2) is 9.29. The third kappa shape index (κ3) is 3.77. The fraction of sp³-hybridized carbons (Fsp3) is 0. The molecule has 0 spiro atoms. The molecule has 42 heavy (non-hydrogen) atoms. The molecule has 4 heterocycles. The summed E-state index contributed by atoms with van der Waals surface area (Å²) < 4.78 is 9.53. The van der Waals surface area contributed by atoms with Gasteiger partial charge < -0.3 is 0 Å². The van der Waals surface area contributed by atoms with Crippen molar-refractivity contribution in [1.82, 2.24) is 0 Å². The number of hydrogen-bond donors (Lipinski definition) is 0. The van der Waals surface area contributed by atoms with Crippen molar-refractivity contribution in [1.29, 1.82) is 0 Å². The topological polar surface area (TPSA) is 0 Å². The van der Waals surface area contributed by atoms with Crippen molar-refractivity contribution in [3.05, 3.63) is 121 Å². The summed E-state index contributed by atoms with van der Waals surface area (Å²) >= 11 is 3.06. The van der Waals surface area contributed by atoms with E-state index in [1.54, 1.807) is 24.4 Å². The van der Waals surface area contributed by atoms with Crippen LogP contribution in [0.25, 0.3) is 87.0 Å². The van der Waals surface area contributed by atoms with Gasteiger partial charge in [-0.3, -0.25) is 0 Å². The van der Waals surface area contributed by atoms with Gasteiger partial charge in [0.25, 0.3) is 0 Å². The van der Waals surface area contributed by atoms with E-state index in [1.807, 2.05) is 22.7 Å². The molecule has 0 nitrogen and oxygen atoms in total. The normalized spacial score (nSPS) is 12.3. The summed E-state index contributed by atoms with van der Waals surface area (Å²) in [4.78, 5) is 2.71. The Bertz CT molecular complexity index is 2480. The van der Waals surface area contributed by atoms with Gasteiger partial charge in [-0.1, -0.05) is 0 Å². The molecule has 196 valence electrons. The summed E-state index contributed by atoms with van der Waals surface area (Å²) in [6, 6.07) is 46.2. The van der Waals surface area contributed by atoms with E-state index in [0.29, 0.717) is 0 Å². The van der Waals surface area contributed by atoms with Gasteiger partial charge in [-0.05, 0) is 0 Å². The second-order valence-electron chi connectivity index (χ2n) is 11.0.